The highest BCUT2D eigenvalue weighted by Gasteiger charge is 2.29. The van der Waals surface area contributed by atoms with Gasteiger partial charge in [-0.15, -0.1) is 0 Å². The Labute approximate surface area is 116 Å². The molecule has 0 spiro atoms. The fourth-order valence-corrected chi connectivity index (χ4v) is 1.95. The van der Waals surface area contributed by atoms with Gasteiger partial charge in [0.15, 0.2) is 0 Å². The van der Waals surface area contributed by atoms with Gasteiger partial charge in [-0.1, -0.05) is 18.2 Å². The number of esters is 1. The first-order valence-electron chi connectivity index (χ1n) is 6.23. The van der Waals surface area contributed by atoms with E-state index in [0.29, 0.717) is 5.90 Å². The summed E-state index contributed by atoms with van der Waals surface area (Å²) < 4.78 is 10.5. The Morgan fingerprint density at radius 1 is 1.40 bits per heavy atom. The van der Waals surface area contributed by atoms with E-state index in [9.17, 15) is 9.59 Å². The number of nitrogens with zero attached hydrogens (tertiary/aromatic N) is 1. The standard InChI is InChI=1S/C14H15NO5/c1-9(16)19-13-8-11(7-12(17)18)15-14(20-13)10-5-3-2-4-6-10/h2-6,11,13H,7-8H2,1H3,(H,17,18). The highest BCUT2D eigenvalue weighted by atomic mass is 16.7. The Hall–Kier alpha value is -2.37. The molecule has 1 aromatic rings. The van der Waals surface area contributed by atoms with Gasteiger partial charge in [-0.25, -0.2) is 4.99 Å². The number of carbonyl (C=O) groups excluding carboxylic acids is 1. The molecule has 0 saturated carbocycles. The average Bonchev–Trinajstić information content (AvgIpc) is 2.38. The first kappa shape index (κ1) is 14.0. The number of benzene rings is 1. The third kappa shape index (κ3) is 3.81. The minimum atomic E-state index is -0.949. The van der Waals surface area contributed by atoms with Gasteiger partial charge in [0.2, 0.25) is 12.2 Å². The lowest BCUT2D eigenvalue weighted by Gasteiger charge is -2.27. The Morgan fingerprint density at radius 3 is 2.70 bits per heavy atom. The molecule has 0 amide bonds. The maximum Gasteiger partial charge on any atom is 0.305 e. The predicted octanol–water partition coefficient (Wildman–Crippen LogP) is 1.59. The highest BCUT2D eigenvalue weighted by molar-refractivity contribution is 5.94. The molecule has 1 aromatic carbocycles. The normalized spacial score (nSPS) is 21.6. The third-order valence-corrected chi connectivity index (χ3v) is 2.74. The van der Waals surface area contributed by atoms with Crippen molar-refractivity contribution in [2.45, 2.75) is 32.1 Å². The lowest BCUT2D eigenvalue weighted by molar-refractivity contribution is -0.165. The molecular formula is C14H15NO5. The van der Waals surface area contributed by atoms with E-state index >= 15 is 0 Å². The summed E-state index contributed by atoms with van der Waals surface area (Å²) >= 11 is 0. The fraction of sp³-hybridized carbons (Fsp3) is 0.357. The van der Waals surface area contributed by atoms with Gasteiger partial charge in [-0.3, -0.25) is 9.59 Å². The van der Waals surface area contributed by atoms with Crippen LogP contribution in [0.1, 0.15) is 25.3 Å². The number of aliphatic carboxylic acids is 1. The van der Waals surface area contributed by atoms with Crippen LogP contribution in [0.3, 0.4) is 0 Å². The summed E-state index contributed by atoms with van der Waals surface area (Å²) in [7, 11) is 0. The van der Waals surface area contributed by atoms with Crippen LogP contribution in [0, 0.1) is 0 Å². The van der Waals surface area contributed by atoms with Crippen molar-refractivity contribution < 1.29 is 24.2 Å². The van der Waals surface area contributed by atoms with Crippen LogP contribution in [0.5, 0.6) is 0 Å². The van der Waals surface area contributed by atoms with Crippen LogP contribution in [-0.2, 0) is 19.1 Å². The van der Waals surface area contributed by atoms with Crippen molar-refractivity contribution in [3.8, 4) is 0 Å². The zero-order valence-electron chi connectivity index (χ0n) is 11.0. The first-order chi connectivity index (χ1) is 9.54. The van der Waals surface area contributed by atoms with Crippen LogP contribution in [0.25, 0.3) is 0 Å². The van der Waals surface area contributed by atoms with E-state index < -0.39 is 24.3 Å². The highest BCUT2D eigenvalue weighted by Crippen LogP contribution is 2.21. The molecule has 0 fully saturated rings. The Bertz CT molecular complexity index is 526. The molecule has 0 saturated heterocycles. The molecule has 0 radical (unpaired) electrons. The largest absolute Gasteiger partial charge is 0.481 e. The summed E-state index contributed by atoms with van der Waals surface area (Å²) in [4.78, 5) is 26.1. The second-order valence-corrected chi connectivity index (χ2v) is 4.44. The summed E-state index contributed by atoms with van der Waals surface area (Å²) in [6, 6.07) is 8.62. The maximum atomic E-state index is 11.0. The van der Waals surface area contributed by atoms with Gasteiger partial charge < -0.3 is 14.6 Å². The summed E-state index contributed by atoms with van der Waals surface area (Å²) in [6.45, 7) is 1.28. The van der Waals surface area contributed by atoms with E-state index in [4.69, 9.17) is 14.6 Å². The van der Waals surface area contributed by atoms with Crippen molar-refractivity contribution in [3.63, 3.8) is 0 Å². The second kappa shape index (κ2) is 6.18. The van der Waals surface area contributed by atoms with E-state index in [2.05, 4.69) is 4.99 Å². The molecule has 106 valence electrons. The SMILES string of the molecule is CC(=O)OC1CC(CC(=O)O)N=C(c2ccccc2)O1. The summed E-state index contributed by atoms with van der Waals surface area (Å²) in [5.74, 6) is -1.12. The summed E-state index contributed by atoms with van der Waals surface area (Å²) in [5.41, 5.74) is 0.722. The zero-order chi connectivity index (χ0) is 14.5. The molecule has 0 bridgehead atoms. The van der Waals surface area contributed by atoms with Gasteiger partial charge in [-0.2, -0.15) is 0 Å². The lowest BCUT2D eigenvalue weighted by atomic mass is 10.1. The van der Waals surface area contributed by atoms with E-state index in [0.717, 1.165) is 5.56 Å². The minimum Gasteiger partial charge on any atom is -0.481 e. The average molecular weight is 277 g/mol. The van der Waals surface area contributed by atoms with Crippen molar-refractivity contribution in [1.82, 2.24) is 0 Å². The predicted molar refractivity (Wildman–Crippen MR) is 70.3 cm³/mol. The molecule has 2 atom stereocenters. The summed E-state index contributed by atoms with van der Waals surface area (Å²) in [5, 5.41) is 8.87. The number of carbonyl (C=O) groups is 2. The number of rotatable bonds is 4. The van der Waals surface area contributed by atoms with Crippen LogP contribution < -0.4 is 0 Å². The van der Waals surface area contributed by atoms with E-state index in [1.54, 1.807) is 12.1 Å². The van der Waals surface area contributed by atoms with Crippen LogP contribution in [-0.4, -0.2) is 35.3 Å². The van der Waals surface area contributed by atoms with Crippen molar-refractivity contribution >= 4 is 17.8 Å². The number of hydrogen-bond acceptors (Lipinski definition) is 5. The zero-order valence-corrected chi connectivity index (χ0v) is 11.0. The topological polar surface area (TPSA) is 85.2 Å². The van der Waals surface area contributed by atoms with Gasteiger partial charge >= 0.3 is 11.9 Å². The molecule has 1 N–H and O–H groups in total. The number of aliphatic imine (C=N–C) groups is 1. The van der Waals surface area contributed by atoms with Crippen LogP contribution in [0.2, 0.25) is 0 Å². The molecule has 0 aromatic heterocycles. The van der Waals surface area contributed by atoms with Gasteiger partial charge in [0, 0.05) is 18.9 Å². The fourth-order valence-electron chi connectivity index (χ4n) is 1.95. The molecule has 1 aliphatic rings. The van der Waals surface area contributed by atoms with Crippen molar-refractivity contribution in [3.05, 3.63) is 35.9 Å². The molecule has 0 aliphatic carbocycles. The molecule has 20 heavy (non-hydrogen) atoms. The van der Waals surface area contributed by atoms with Crippen LogP contribution in [0.4, 0.5) is 0 Å². The van der Waals surface area contributed by atoms with E-state index in [1.807, 2.05) is 18.2 Å². The van der Waals surface area contributed by atoms with Crippen LogP contribution >= 0.6 is 0 Å². The van der Waals surface area contributed by atoms with Crippen LogP contribution in [0.15, 0.2) is 35.3 Å². The van der Waals surface area contributed by atoms with Gasteiger partial charge in [0.25, 0.3) is 0 Å². The molecule has 1 aliphatic heterocycles. The number of ether oxygens (including phenoxy) is 2. The maximum absolute atomic E-state index is 11.0. The number of carboxylic acids is 1. The Kier molecular flexibility index (Phi) is 4.34. The monoisotopic (exact) mass is 277 g/mol. The molecule has 2 unspecified atom stereocenters. The number of hydrogen-bond donors (Lipinski definition) is 1. The van der Waals surface area contributed by atoms with Gasteiger partial charge in [-0.05, 0) is 12.1 Å². The lowest BCUT2D eigenvalue weighted by Crippen LogP contribution is -2.34. The van der Waals surface area contributed by atoms with Crippen molar-refractivity contribution in [2.75, 3.05) is 0 Å². The molecule has 1 heterocycles. The first-order valence-corrected chi connectivity index (χ1v) is 6.23. The van der Waals surface area contributed by atoms with Crippen molar-refractivity contribution in [2.24, 2.45) is 4.99 Å². The van der Waals surface area contributed by atoms with Gasteiger partial charge in [0.1, 0.15) is 0 Å². The Morgan fingerprint density at radius 2 is 2.10 bits per heavy atom. The summed E-state index contributed by atoms with van der Waals surface area (Å²) in [6.07, 6.45) is -0.691. The molecule has 6 nitrogen and oxygen atoms in total. The number of carboxylic acid groups (broad SMARTS) is 1. The second-order valence-electron chi connectivity index (χ2n) is 4.44. The Balaban J connectivity index is 2.21. The van der Waals surface area contributed by atoms with Gasteiger partial charge in [0.05, 0.1) is 12.5 Å². The quantitative estimate of drug-likeness (QED) is 0.845. The van der Waals surface area contributed by atoms with E-state index in [1.165, 1.54) is 6.92 Å². The molecule has 6 heteroatoms. The smallest absolute Gasteiger partial charge is 0.305 e. The van der Waals surface area contributed by atoms with Crippen molar-refractivity contribution in [1.29, 1.82) is 0 Å². The minimum absolute atomic E-state index is 0.128. The molecular weight excluding hydrogens is 262 g/mol. The third-order valence-electron chi connectivity index (χ3n) is 2.74. The molecule has 2 rings (SSSR count). The van der Waals surface area contributed by atoms with E-state index in [-0.39, 0.29) is 12.8 Å².